The fourth-order valence-electron chi connectivity index (χ4n) is 2.64. The minimum absolute atomic E-state index is 0.0323. The molecule has 0 saturated carbocycles. The van der Waals surface area contributed by atoms with Gasteiger partial charge in [-0.3, -0.25) is 14.9 Å². The number of carbonyl (C=O) groups excluding carboxylic acids is 2. The third-order valence-electron chi connectivity index (χ3n) is 4.17. The van der Waals surface area contributed by atoms with Crippen LogP contribution in [0.3, 0.4) is 0 Å². The molecule has 0 aromatic heterocycles. The van der Waals surface area contributed by atoms with Gasteiger partial charge in [0.1, 0.15) is 11.5 Å². The Morgan fingerprint density at radius 2 is 1.65 bits per heavy atom. The Bertz CT molecular complexity index is 1110. The molecule has 1 amide bonds. The van der Waals surface area contributed by atoms with Crippen LogP contribution in [0, 0.1) is 17.0 Å². The zero-order valence-corrected chi connectivity index (χ0v) is 17.1. The van der Waals surface area contributed by atoms with Gasteiger partial charge in [0, 0.05) is 27.9 Å². The molecule has 0 aliphatic carbocycles. The van der Waals surface area contributed by atoms with Gasteiger partial charge < -0.3 is 14.8 Å². The van der Waals surface area contributed by atoms with Crippen LogP contribution < -0.4 is 14.8 Å². The molecule has 3 aromatic rings. The molecule has 1 N–H and O–H groups in total. The number of halogens is 1. The summed E-state index contributed by atoms with van der Waals surface area (Å²) in [6.07, 6.45) is 0. The molecule has 0 aliphatic heterocycles. The van der Waals surface area contributed by atoms with Crippen molar-refractivity contribution >= 4 is 34.9 Å². The number of nitrogens with zero attached hydrogens (tertiary/aromatic N) is 1. The Morgan fingerprint density at radius 1 is 1.00 bits per heavy atom. The standard InChI is InChI=1S/C22H17ClN2O6/c1-14-12-19(10-11-20(14)25(28)29)30-13-21(26)31-18-8-2-15(3-9-18)22(27)24-17-6-4-16(23)5-7-17/h2-12H,13H2,1H3,(H,24,27). The molecule has 3 rings (SSSR count). The van der Waals surface area contributed by atoms with Gasteiger partial charge in [-0.15, -0.1) is 0 Å². The molecule has 0 atom stereocenters. The zero-order valence-electron chi connectivity index (χ0n) is 16.3. The lowest BCUT2D eigenvalue weighted by atomic mass is 10.2. The van der Waals surface area contributed by atoms with Crippen LogP contribution in [0.2, 0.25) is 5.02 Å². The van der Waals surface area contributed by atoms with Crippen molar-refractivity contribution in [3.63, 3.8) is 0 Å². The third-order valence-corrected chi connectivity index (χ3v) is 4.42. The number of rotatable bonds is 7. The number of carbonyl (C=O) groups is 2. The first-order valence-corrected chi connectivity index (χ1v) is 9.45. The number of esters is 1. The Hall–Kier alpha value is -3.91. The van der Waals surface area contributed by atoms with Gasteiger partial charge in [0.15, 0.2) is 6.61 Å². The Morgan fingerprint density at radius 3 is 2.26 bits per heavy atom. The van der Waals surface area contributed by atoms with Crippen molar-refractivity contribution in [3.05, 3.63) is 93.0 Å². The predicted molar refractivity (Wildman–Crippen MR) is 115 cm³/mol. The van der Waals surface area contributed by atoms with Gasteiger partial charge in [0.05, 0.1) is 4.92 Å². The maximum absolute atomic E-state index is 12.3. The summed E-state index contributed by atoms with van der Waals surface area (Å²) in [5.41, 5.74) is 1.37. The fraction of sp³-hybridized carbons (Fsp3) is 0.0909. The molecule has 8 nitrogen and oxygen atoms in total. The molecular formula is C22H17ClN2O6. The number of hydrogen-bond donors (Lipinski definition) is 1. The number of aryl methyl sites for hydroxylation is 1. The highest BCUT2D eigenvalue weighted by Crippen LogP contribution is 2.23. The van der Waals surface area contributed by atoms with Crippen LogP contribution >= 0.6 is 11.6 Å². The van der Waals surface area contributed by atoms with Crippen molar-refractivity contribution in [3.8, 4) is 11.5 Å². The second kappa shape index (κ2) is 9.73. The van der Waals surface area contributed by atoms with Crippen molar-refractivity contribution in [2.45, 2.75) is 6.92 Å². The van der Waals surface area contributed by atoms with E-state index in [0.717, 1.165) is 0 Å². The summed E-state index contributed by atoms with van der Waals surface area (Å²) < 4.78 is 10.5. The van der Waals surface area contributed by atoms with E-state index in [1.54, 1.807) is 31.2 Å². The van der Waals surface area contributed by atoms with Crippen LogP contribution in [0.25, 0.3) is 0 Å². The van der Waals surface area contributed by atoms with Crippen molar-refractivity contribution in [2.24, 2.45) is 0 Å². The first-order valence-electron chi connectivity index (χ1n) is 9.07. The van der Waals surface area contributed by atoms with Gasteiger partial charge in [-0.2, -0.15) is 0 Å². The van der Waals surface area contributed by atoms with Gasteiger partial charge in [0.25, 0.3) is 11.6 Å². The SMILES string of the molecule is Cc1cc(OCC(=O)Oc2ccc(C(=O)Nc3ccc(Cl)cc3)cc2)ccc1[N+](=O)[O-]. The van der Waals surface area contributed by atoms with Crippen molar-refractivity contribution in [1.29, 1.82) is 0 Å². The van der Waals surface area contributed by atoms with Crippen molar-refractivity contribution in [2.75, 3.05) is 11.9 Å². The monoisotopic (exact) mass is 440 g/mol. The quantitative estimate of drug-likeness (QED) is 0.245. The number of nitrogens with one attached hydrogen (secondary N) is 1. The van der Waals surface area contributed by atoms with E-state index in [1.165, 1.54) is 42.5 Å². The van der Waals surface area contributed by atoms with Crippen molar-refractivity contribution in [1.82, 2.24) is 0 Å². The lowest BCUT2D eigenvalue weighted by Crippen LogP contribution is -2.18. The highest BCUT2D eigenvalue weighted by molar-refractivity contribution is 6.30. The lowest BCUT2D eigenvalue weighted by Gasteiger charge is -2.09. The summed E-state index contributed by atoms with van der Waals surface area (Å²) in [6, 6.07) is 16.9. The molecule has 0 aliphatic rings. The number of hydrogen-bond acceptors (Lipinski definition) is 6. The molecule has 31 heavy (non-hydrogen) atoms. The summed E-state index contributed by atoms with van der Waals surface area (Å²) >= 11 is 5.82. The van der Waals surface area contributed by atoms with E-state index in [4.69, 9.17) is 21.1 Å². The molecule has 0 unspecified atom stereocenters. The summed E-state index contributed by atoms with van der Waals surface area (Å²) in [5, 5.41) is 14.1. The molecule has 0 bridgehead atoms. The van der Waals surface area contributed by atoms with Crippen LogP contribution in [0.15, 0.2) is 66.7 Å². The summed E-state index contributed by atoms with van der Waals surface area (Å²) in [7, 11) is 0. The van der Waals surface area contributed by atoms with E-state index < -0.39 is 10.9 Å². The Kier molecular flexibility index (Phi) is 6.84. The summed E-state index contributed by atoms with van der Waals surface area (Å²) in [4.78, 5) is 34.6. The van der Waals surface area contributed by atoms with Crippen LogP contribution in [0.5, 0.6) is 11.5 Å². The normalized spacial score (nSPS) is 10.3. The predicted octanol–water partition coefficient (Wildman–Crippen LogP) is 4.79. The third kappa shape index (κ3) is 6.03. The van der Waals surface area contributed by atoms with E-state index in [1.807, 2.05) is 0 Å². The molecule has 0 saturated heterocycles. The summed E-state index contributed by atoms with van der Waals surface area (Å²) in [6.45, 7) is 1.20. The minimum Gasteiger partial charge on any atom is -0.482 e. The van der Waals surface area contributed by atoms with Crippen LogP contribution in [0.4, 0.5) is 11.4 Å². The summed E-state index contributed by atoms with van der Waals surface area (Å²) in [5.74, 6) is -0.419. The number of nitro groups is 1. The van der Waals surface area contributed by atoms with Crippen LogP contribution in [0.1, 0.15) is 15.9 Å². The van der Waals surface area contributed by atoms with Gasteiger partial charge in [-0.05, 0) is 67.6 Å². The van der Waals surface area contributed by atoms with E-state index >= 15 is 0 Å². The molecule has 3 aromatic carbocycles. The lowest BCUT2D eigenvalue weighted by molar-refractivity contribution is -0.385. The molecule has 158 valence electrons. The number of ether oxygens (including phenoxy) is 2. The highest BCUT2D eigenvalue weighted by Gasteiger charge is 2.13. The Balaban J connectivity index is 1.52. The van der Waals surface area contributed by atoms with E-state index in [-0.39, 0.29) is 24.0 Å². The van der Waals surface area contributed by atoms with Gasteiger partial charge in [-0.1, -0.05) is 11.6 Å². The van der Waals surface area contributed by atoms with Crippen molar-refractivity contribution < 1.29 is 24.0 Å². The minimum atomic E-state index is -0.658. The zero-order chi connectivity index (χ0) is 22.4. The molecule has 0 fully saturated rings. The Labute approximate surface area is 182 Å². The molecular weight excluding hydrogens is 424 g/mol. The average Bonchev–Trinajstić information content (AvgIpc) is 2.74. The fourth-order valence-corrected chi connectivity index (χ4v) is 2.76. The number of benzene rings is 3. The second-order valence-corrected chi connectivity index (χ2v) is 6.89. The maximum atomic E-state index is 12.3. The number of anilines is 1. The van der Waals surface area contributed by atoms with Crippen LogP contribution in [-0.4, -0.2) is 23.4 Å². The van der Waals surface area contributed by atoms with E-state index in [2.05, 4.69) is 5.32 Å². The molecule has 0 radical (unpaired) electrons. The number of amides is 1. The smallest absolute Gasteiger partial charge is 0.349 e. The van der Waals surface area contributed by atoms with Crippen LogP contribution in [-0.2, 0) is 4.79 Å². The molecule has 0 spiro atoms. The average molecular weight is 441 g/mol. The van der Waals surface area contributed by atoms with Gasteiger partial charge >= 0.3 is 5.97 Å². The molecule has 0 heterocycles. The van der Waals surface area contributed by atoms with Gasteiger partial charge in [-0.25, -0.2) is 4.79 Å². The highest BCUT2D eigenvalue weighted by atomic mass is 35.5. The maximum Gasteiger partial charge on any atom is 0.349 e. The number of nitro benzene ring substituents is 1. The van der Waals surface area contributed by atoms with Gasteiger partial charge in [0.2, 0.25) is 0 Å². The second-order valence-electron chi connectivity index (χ2n) is 6.45. The topological polar surface area (TPSA) is 108 Å². The first-order chi connectivity index (χ1) is 14.8. The first kappa shape index (κ1) is 21.8. The largest absolute Gasteiger partial charge is 0.482 e. The molecule has 9 heteroatoms. The van der Waals surface area contributed by atoms with E-state index in [0.29, 0.717) is 27.6 Å². The van der Waals surface area contributed by atoms with E-state index in [9.17, 15) is 19.7 Å².